The molecule has 1 fully saturated rings. The molecule has 1 saturated heterocycles. The summed E-state index contributed by atoms with van der Waals surface area (Å²) in [5.41, 5.74) is 2.28. The minimum Gasteiger partial charge on any atom is -0.490 e. The van der Waals surface area contributed by atoms with Crippen LogP contribution in [0.2, 0.25) is 0 Å². The van der Waals surface area contributed by atoms with E-state index in [1.165, 1.54) is 5.56 Å². The number of para-hydroxylation sites is 2. The van der Waals surface area contributed by atoms with Gasteiger partial charge in [-0.2, -0.15) is 0 Å². The minimum atomic E-state index is 0. The molecule has 0 aliphatic carbocycles. The van der Waals surface area contributed by atoms with E-state index in [1.54, 1.807) is 7.05 Å². The largest absolute Gasteiger partial charge is 0.490 e. The van der Waals surface area contributed by atoms with Crippen LogP contribution in [0.15, 0.2) is 59.6 Å². The number of ether oxygens (including phenoxy) is 1. The maximum absolute atomic E-state index is 12.7. The lowest BCUT2D eigenvalue weighted by atomic mass is 10.1. The molecular formula is C23H29IN4O2. The van der Waals surface area contributed by atoms with E-state index >= 15 is 0 Å². The highest BCUT2D eigenvalue weighted by molar-refractivity contribution is 14.0. The third-order valence-corrected chi connectivity index (χ3v) is 5.59. The summed E-state index contributed by atoms with van der Waals surface area (Å²) in [6, 6.07) is 18.1. The van der Waals surface area contributed by atoms with Crippen molar-refractivity contribution in [2.24, 2.45) is 4.99 Å². The Bertz CT molecular complexity index is 867. The van der Waals surface area contributed by atoms with E-state index in [4.69, 9.17) is 4.74 Å². The molecule has 0 saturated carbocycles. The fourth-order valence-corrected chi connectivity index (χ4v) is 4.06. The smallest absolute Gasteiger partial charge is 0.246 e. The van der Waals surface area contributed by atoms with Crippen molar-refractivity contribution in [2.75, 3.05) is 38.1 Å². The van der Waals surface area contributed by atoms with Gasteiger partial charge in [-0.3, -0.25) is 9.79 Å². The van der Waals surface area contributed by atoms with Crippen LogP contribution in [-0.4, -0.2) is 56.1 Å². The number of rotatable bonds is 4. The van der Waals surface area contributed by atoms with Gasteiger partial charge in [0.25, 0.3) is 0 Å². The van der Waals surface area contributed by atoms with Gasteiger partial charge >= 0.3 is 0 Å². The fourth-order valence-electron chi connectivity index (χ4n) is 4.06. The first-order chi connectivity index (χ1) is 14.2. The molecule has 0 radical (unpaired) electrons. The van der Waals surface area contributed by atoms with Crippen LogP contribution in [0.1, 0.15) is 18.4 Å². The standard InChI is InChI=1S/C23H28N4O2.HI/c1-24-23(25-17-22(28)27-16-11-18-7-5-6-10-21(18)27)26-14-12-20(13-15-26)29-19-8-3-2-4-9-19;/h2-10,20H,11-17H2,1H3,(H,24,25);1H. The summed E-state index contributed by atoms with van der Waals surface area (Å²) < 4.78 is 6.07. The number of hydrogen-bond acceptors (Lipinski definition) is 3. The molecule has 0 bridgehead atoms. The first kappa shape index (κ1) is 22.4. The number of amides is 1. The number of aliphatic imine (C=N–C) groups is 1. The summed E-state index contributed by atoms with van der Waals surface area (Å²) in [6.07, 6.45) is 3.01. The van der Waals surface area contributed by atoms with Gasteiger partial charge in [0.2, 0.25) is 5.91 Å². The molecule has 160 valence electrons. The molecule has 2 aliphatic heterocycles. The highest BCUT2D eigenvalue weighted by Crippen LogP contribution is 2.27. The highest BCUT2D eigenvalue weighted by atomic mass is 127. The molecule has 0 unspecified atom stereocenters. The molecule has 2 aliphatic rings. The minimum absolute atomic E-state index is 0. The SMILES string of the molecule is CN=C(NCC(=O)N1CCc2ccccc21)N1CCC(Oc2ccccc2)CC1.I. The first-order valence-electron chi connectivity index (χ1n) is 10.3. The van der Waals surface area contributed by atoms with Crippen molar-refractivity contribution in [3.8, 4) is 5.75 Å². The Morgan fingerprint density at radius 2 is 1.77 bits per heavy atom. The lowest BCUT2D eigenvalue weighted by Gasteiger charge is -2.34. The van der Waals surface area contributed by atoms with Crippen molar-refractivity contribution in [2.45, 2.75) is 25.4 Å². The Morgan fingerprint density at radius 1 is 1.07 bits per heavy atom. The number of guanidine groups is 1. The van der Waals surface area contributed by atoms with Gasteiger partial charge in [-0.05, 0) is 30.2 Å². The van der Waals surface area contributed by atoms with Gasteiger partial charge < -0.3 is 19.9 Å². The zero-order chi connectivity index (χ0) is 20.1. The monoisotopic (exact) mass is 520 g/mol. The number of hydrogen-bond donors (Lipinski definition) is 1. The summed E-state index contributed by atoms with van der Waals surface area (Å²) in [6.45, 7) is 2.72. The quantitative estimate of drug-likeness (QED) is 0.382. The predicted octanol–water partition coefficient (Wildman–Crippen LogP) is 3.31. The number of likely N-dealkylation sites (tertiary alicyclic amines) is 1. The predicted molar refractivity (Wildman–Crippen MR) is 131 cm³/mol. The molecule has 0 spiro atoms. The molecular weight excluding hydrogens is 491 g/mol. The summed E-state index contributed by atoms with van der Waals surface area (Å²) in [5, 5.41) is 3.26. The lowest BCUT2D eigenvalue weighted by molar-refractivity contribution is -0.117. The number of anilines is 1. The van der Waals surface area contributed by atoms with E-state index in [0.717, 1.165) is 56.3 Å². The van der Waals surface area contributed by atoms with Gasteiger partial charge in [0.05, 0.1) is 6.54 Å². The van der Waals surface area contributed by atoms with Gasteiger partial charge in [0.15, 0.2) is 5.96 Å². The van der Waals surface area contributed by atoms with E-state index < -0.39 is 0 Å². The van der Waals surface area contributed by atoms with Crippen molar-refractivity contribution in [1.82, 2.24) is 10.2 Å². The Morgan fingerprint density at radius 3 is 2.50 bits per heavy atom. The van der Waals surface area contributed by atoms with Crippen molar-refractivity contribution >= 4 is 41.5 Å². The highest BCUT2D eigenvalue weighted by Gasteiger charge is 2.26. The number of carbonyl (C=O) groups is 1. The van der Waals surface area contributed by atoms with Gasteiger partial charge in [-0.15, -0.1) is 24.0 Å². The van der Waals surface area contributed by atoms with E-state index in [2.05, 4.69) is 21.3 Å². The van der Waals surface area contributed by atoms with Gasteiger partial charge in [0, 0.05) is 45.2 Å². The van der Waals surface area contributed by atoms with Crippen molar-refractivity contribution in [3.63, 3.8) is 0 Å². The Balaban J connectivity index is 0.00000256. The van der Waals surface area contributed by atoms with Gasteiger partial charge in [0.1, 0.15) is 11.9 Å². The van der Waals surface area contributed by atoms with Crippen LogP contribution >= 0.6 is 24.0 Å². The van der Waals surface area contributed by atoms with Crippen LogP contribution in [0.3, 0.4) is 0 Å². The number of fused-ring (bicyclic) bond motifs is 1. The van der Waals surface area contributed by atoms with Gasteiger partial charge in [-0.1, -0.05) is 36.4 Å². The molecule has 0 aromatic heterocycles. The third kappa shape index (κ3) is 5.24. The first-order valence-corrected chi connectivity index (χ1v) is 10.3. The Labute approximate surface area is 195 Å². The number of carbonyl (C=O) groups excluding carboxylic acids is 1. The summed E-state index contributed by atoms with van der Waals surface area (Å²) in [7, 11) is 1.77. The summed E-state index contributed by atoms with van der Waals surface area (Å²) >= 11 is 0. The topological polar surface area (TPSA) is 57.2 Å². The zero-order valence-electron chi connectivity index (χ0n) is 17.3. The molecule has 2 aromatic carbocycles. The van der Waals surface area contributed by atoms with Crippen molar-refractivity contribution in [1.29, 1.82) is 0 Å². The summed E-state index contributed by atoms with van der Waals surface area (Å²) in [5.74, 6) is 1.78. The maximum atomic E-state index is 12.7. The second kappa shape index (κ2) is 10.7. The maximum Gasteiger partial charge on any atom is 0.246 e. The molecule has 2 heterocycles. The number of nitrogens with zero attached hydrogens (tertiary/aromatic N) is 3. The number of halogens is 1. The average molecular weight is 520 g/mol. The third-order valence-electron chi connectivity index (χ3n) is 5.59. The summed E-state index contributed by atoms with van der Waals surface area (Å²) in [4.78, 5) is 21.2. The Kier molecular flexibility index (Phi) is 7.95. The Hall–Kier alpha value is -2.29. The molecule has 6 nitrogen and oxygen atoms in total. The van der Waals surface area contributed by atoms with E-state index in [-0.39, 0.29) is 42.5 Å². The molecule has 4 rings (SSSR count). The molecule has 7 heteroatoms. The molecule has 0 atom stereocenters. The molecule has 1 amide bonds. The van der Waals surface area contributed by atoms with Gasteiger partial charge in [-0.25, -0.2) is 0 Å². The number of nitrogens with one attached hydrogen (secondary N) is 1. The molecule has 30 heavy (non-hydrogen) atoms. The van der Waals surface area contributed by atoms with Crippen LogP contribution in [-0.2, 0) is 11.2 Å². The van der Waals surface area contributed by atoms with E-state index in [1.807, 2.05) is 53.4 Å². The lowest BCUT2D eigenvalue weighted by Crippen LogP contribution is -2.50. The van der Waals surface area contributed by atoms with Crippen LogP contribution < -0.4 is 15.0 Å². The number of piperidine rings is 1. The van der Waals surface area contributed by atoms with Crippen LogP contribution in [0.4, 0.5) is 5.69 Å². The van der Waals surface area contributed by atoms with Crippen LogP contribution in [0.5, 0.6) is 5.75 Å². The molecule has 1 N–H and O–H groups in total. The van der Waals surface area contributed by atoms with Crippen molar-refractivity contribution in [3.05, 3.63) is 60.2 Å². The number of benzene rings is 2. The normalized spacial score (nSPS) is 16.6. The van der Waals surface area contributed by atoms with Crippen LogP contribution in [0, 0.1) is 0 Å². The molecule has 2 aromatic rings. The zero-order valence-corrected chi connectivity index (χ0v) is 19.6. The average Bonchev–Trinajstić information content (AvgIpc) is 3.20. The van der Waals surface area contributed by atoms with E-state index in [0.29, 0.717) is 0 Å². The van der Waals surface area contributed by atoms with Crippen LogP contribution in [0.25, 0.3) is 0 Å². The van der Waals surface area contributed by atoms with Crippen molar-refractivity contribution < 1.29 is 9.53 Å². The second-order valence-electron chi connectivity index (χ2n) is 7.44. The fraction of sp³-hybridized carbons (Fsp3) is 0.391. The van der Waals surface area contributed by atoms with E-state index in [9.17, 15) is 4.79 Å². The second-order valence-corrected chi connectivity index (χ2v) is 7.44.